The first-order valence-corrected chi connectivity index (χ1v) is 12.4. The lowest BCUT2D eigenvalue weighted by Crippen LogP contribution is -2.38. The van der Waals surface area contributed by atoms with Gasteiger partial charge in [0.15, 0.2) is 6.61 Å². The molecule has 4 rings (SSSR count). The van der Waals surface area contributed by atoms with Crippen LogP contribution in [0.2, 0.25) is 0 Å². The van der Waals surface area contributed by atoms with Crippen molar-refractivity contribution in [3.05, 3.63) is 66.7 Å². The second-order valence-corrected chi connectivity index (χ2v) is 10.1. The quantitative estimate of drug-likeness (QED) is 0.558. The number of fused-ring (bicyclic) bond motifs is 1. The van der Waals surface area contributed by atoms with Gasteiger partial charge in [0.2, 0.25) is 10.0 Å². The molecular weight excluding hydrogens is 424 g/mol. The maximum atomic E-state index is 12.9. The fourth-order valence-corrected chi connectivity index (χ4v) is 5.60. The number of nitrogens with zero attached hydrogens (tertiary/aromatic N) is 1. The molecule has 0 spiro atoms. The molecule has 0 atom stereocenters. The fraction of sp³-hybridized carbons (Fsp3) is 0.320. The number of anilines is 1. The zero-order valence-electron chi connectivity index (χ0n) is 18.2. The van der Waals surface area contributed by atoms with Crippen molar-refractivity contribution >= 4 is 32.4 Å². The van der Waals surface area contributed by atoms with Crippen molar-refractivity contribution in [3.63, 3.8) is 0 Å². The lowest BCUT2D eigenvalue weighted by molar-refractivity contribution is -0.118. The van der Waals surface area contributed by atoms with E-state index < -0.39 is 10.0 Å². The zero-order chi connectivity index (χ0) is 22.6. The molecule has 1 aliphatic rings. The van der Waals surface area contributed by atoms with Gasteiger partial charge in [0.1, 0.15) is 5.75 Å². The van der Waals surface area contributed by atoms with E-state index in [0.29, 0.717) is 11.4 Å². The Morgan fingerprint density at radius 3 is 2.41 bits per heavy atom. The Hall–Kier alpha value is -2.90. The third-order valence-electron chi connectivity index (χ3n) is 6.01. The highest BCUT2D eigenvalue weighted by atomic mass is 32.2. The van der Waals surface area contributed by atoms with E-state index in [-0.39, 0.29) is 23.5 Å². The normalized spacial score (nSPS) is 15.1. The summed E-state index contributed by atoms with van der Waals surface area (Å²) in [6.45, 7) is -0.140. The predicted octanol–water partition coefficient (Wildman–Crippen LogP) is 4.81. The molecule has 32 heavy (non-hydrogen) atoms. The minimum Gasteiger partial charge on any atom is -0.483 e. The van der Waals surface area contributed by atoms with Gasteiger partial charge in [-0.15, -0.1) is 0 Å². The SMILES string of the molecule is CN(C1CCCCC1)S(=O)(=O)c1ccc(NC(=O)COc2cccc3ccccc23)cc1. The highest BCUT2D eigenvalue weighted by Crippen LogP contribution is 2.27. The second kappa shape index (κ2) is 9.71. The molecule has 1 N–H and O–H groups in total. The fourth-order valence-electron chi connectivity index (χ4n) is 4.18. The summed E-state index contributed by atoms with van der Waals surface area (Å²) in [6.07, 6.45) is 5.11. The molecule has 7 heteroatoms. The molecule has 0 saturated heterocycles. The van der Waals surface area contributed by atoms with Gasteiger partial charge in [0, 0.05) is 24.2 Å². The first kappa shape index (κ1) is 22.3. The monoisotopic (exact) mass is 452 g/mol. The van der Waals surface area contributed by atoms with Gasteiger partial charge in [-0.25, -0.2) is 8.42 Å². The van der Waals surface area contributed by atoms with Crippen LogP contribution in [0.1, 0.15) is 32.1 Å². The van der Waals surface area contributed by atoms with Gasteiger partial charge >= 0.3 is 0 Å². The van der Waals surface area contributed by atoms with Crippen LogP contribution in [-0.4, -0.2) is 38.3 Å². The van der Waals surface area contributed by atoms with Crippen LogP contribution in [0.3, 0.4) is 0 Å². The van der Waals surface area contributed by atoms with E-state index in [4.69, 9.17) is 4.74 Å². The molecule has 1 aliphatic carbocycles. The van der Waals surface area contributed by atoms with Gasteiger partial charge in [0.25, 0.3) is 5.91 Å². The Morgan fingerprint density at radius 1 is 0.969 bits per heavy atom. The molecule has 1 fully saturated rings. The van der Waals surface area contributed by atoms with E-state index in [1.807, 2.05) is 42.5 Å². The van der Waals surface area contributed by atoms with Crippen molar-refractivity contribution in [2.24, 2.45) is 0 Å². The molecule has 0 aromatic heterocycles. The third kappa shape index (κ3) is 4.95. The van der Waals surface area contributed by atoms with Crippen LogP contribution >= 0.6 is 0 Å². The summed E-state index contributed by atoms with van der Waals surface area (Å²) in [5.74, 6) is 0.332. The van der Waals surface area contributed by atoms with E-state index in [9.17, 15) is 13.2 Å². The van der Waals surface area contributed by atoms with Crippen LogP contribution in [-0.2, 0) is 14.8 Å². The van der Waals surface area contributed by atoms with E-state index in [0.717, 1.165) is 36.5 Å². The van der Waals surface area contributed by atoms with E-state index in [1.165, 1.54) is 22.9 Å². The first-order valence-electron chi connectivity index (χ1n) is 10.9. The molecule has 1 saturated carbocycles. The number of ether oxygens (including phenoxy) is 1. The van der Waals surface area contributed by atoms with Crippen LogP contribution in [0.4, 0.5) is 5.69 Å². The maximum Gasteiger partial charge on any atom is 0.262 e. The van der Waals surface area contributed by atoms with Crippen molar-refractivity contribution in [2.45, 2.75) is 43.0 Å². The van der Waals surface area contributed by atoms with Crippen LogP contribution in [0.25, 0.3) is 10.8 Å². The molecule has 0 bridgehead atoms. The second-order valence-electron chi connectivity index (χ2n) is 8.15. The Morgan fingerprint density at radius 2 is 1.66 bits per heavy atom. The predicted molar refractivity (Wildman–Crippen MR) is 126 cm³/mol. The van der Waals surface area contributed by atoms with Gasteiger partial charge in [0.05, 0.1) is 4.90 Å². The molecule has 3 aromatic rings. The zero-order valence-corrected chi connectivity index (χ0v) is 19.0. The lowest BCUT2D eigenvalue weighted by Gasteiger charge is -2.30. The number of hydrogen-bond acceptors (Lipinski definition) is 4. The van der Waals surface area contributed by atoms with Crippen molar-refractivity contribution in [3.8, 4) is 5.75 Å². The van der Waals surface area contributed by atoms with Crippen LogP contribution in [0.15, 0.2) is 71.6 Å². The highest BCUT2D eigenvalue weighted by Gasteiger charge is 2.28. The van der Waals surface area contributed by atoms with E-state index >= 15 is 0 Å². The molecule has 1 amide bonds. The topological polar surface area (TPSA) is 75.7 Å². The van der Waals surface area contributed by atoms with E-state index in [1.54, 1.807) is 19.2 Å². The summed E-state index contributed by atoms with van der Waals surface area (Å²) >= 11 is 0. The summed E-state index contributed by atoms with van der Waals surface area (Å²) in [6, 6.07) is 19.9. The smallest absolute Gasteiger partial charge is 0.262 e. The summed E-state index contributed by atoms with van der Waals surface area (Å²) < 4.78 is 33.1. The van der Waals surface area contributed by atoms with Gasteiger partial charge in [-0.3, -0.25) is 4.79 Å². The number of hydrogen-bond donors (Lipinski definition) is 1. The summed E-state index contributed by atoms with van der Waals surface area (Å²) in [5.41, 5.74) is 0.524. The number of sulfonamides is 1. The summed E-state index contributed by atoms with van der Waals surface area (Å²) in [7, 11) is -1.90. The van der Waals surface area contributed by atoms with Crippen LogP contribution < -0.4 is 10.1 Å². The average Bonchev–Trinajstić information content (AvgIpc) is 2.83. The number of benzene rings is 3. The first-order chi connectivity index (χ1) is 15.4. The van der Waals surface area contributed by atoms with Gasteiger partial charge < -0.3 is 10.1 Å². The van der Waals surface area contributed by atoms with Crippen LogP contribution in [0, 0.1) is 0 Å². The number of nitrogens with one attached hydrogen (secondary N) is 1. The molecular formula is C25H28N2O4S. The average molecular weight is 453 g/mol. The number of carbonyl (C=O) groups excluding carboxylic acids is 1. The molecule has 168 valence electrons. The van der Waals surface area contributed by atoms with Gasteiger partial charge in [-0.1, -0.05) is 55.7 Å². The van der Waals surface area contributed by atoms with Crippen LogP contribution in [0.5, 0.6) is 5.75 Å². The van der Waals surface area contributed by atoms with Crippen molar-refractivity contribution < 1.29 is 17.9 Å². The van der Waals surface area contributed by atoms with Crippen molar-refractivity contribution in [2.75, 3.05) is 19.0 Å². The number of amides is 1. The molecule has 0 radical (unpaired) electrons. The third-order valence-corrected chi connectivity index (χ3v) is 7.94. The highest BCUT2D eigenvalue weighted by molar-refractivity contribution is 7.89. The Bertz CT molecular complexity index is 1180. The molecule has 6 nitrogen and oxygen atoms in total. The number of rotatable bonds is 7. The molecule has 0 heterocycles. The number of carbonyl (C=O) groups is 1. The molecule has 0 unspecified atom stereocenters. The molecule has 3 aromatic carbocycles. The largest absolute Gasteiger partial charge is 0.483 e. The Balaban J connectivity index is 1.37. The Kier molecular flexibility index (Phi) is 6.77. The van der Waals surface area contributed by atoms with Gasteiger partial charge in [-0.2, -0.15) is 4.31 Å². The minimum atomic E-state index is -3.55. The summed E-state index contributed by atoms with van der Waals surface area (Å²) in [5, 5.41) is 4.75. The van der Waals surface area contributed by atoms with Gasteiger partial charge in [-0.05, 0) is 48.6 Å². The van der Waals surface area contributed by atoms with Crippen molar-refractivity contribution in [1.82, 2.24) is 4.31 Å². The minimum absolute atomic E-state index is 0.0549. The lowest BCUT2D eigenvalue weighted by atomic mass is 9.96. The summed E-state index contributed by atoms with van der Waals surface area (Å²) in [4.78, 5) is 12.6. The maximum absolute atomic E-state index is 12.9. The molecule has 0 aliphatic heterocycles. The van der Waals surface area contributed by atoms with Crippen molar-refractivity contribution in [1.29, 1.82) is 0 Å². The Labute approximate surface area is 189 Å². The standard InChI is InChI=1S/C25H28N2O4S/c1-27(21-10-3-2-4-11-21)32(29,30)22-16-14-20(15-17-22)26-25(28)18-31-24-13-7-9-19-8-5-6-12-23(19)24/h5-9,12-17,21H,2-4,10-11,18H2,1H3,(H,26,28). The van der Waals surface area contributed by atoms with E-state index in [2.05, 4.69) is 5.32 Å².